The molecular weight excluding hydrogens is 224 g/mol. The second-order valence-corrected chi connectivity index (χ2v) is 4.91. The van der Waals surface area contributed by atoms with E-state index in [1.165, 1.54) is 6.20 Å². The largest absolute Gasteiger partial charge is 0.392 e. The normalized spacial score (nSPS) is 11.5. The van der Waals surface area contributed by atoms with Crippen molar-refractivity contribution < 1.29 is 8.42 Å². The van der Waals surface area contributed by atoms with E-state index in [1.54, 1.807) is 6.92 Å². The number of aromatic amines is 1. The van der Waals surface area contributed by atoms with Gasteiger partial charge in [-0.2, -0.15) is 5.10 Å². The van der Waals surface area contributed by atoms with Crippen LogP contribution >= 0.6 is 12.2 Å². The zero-order valence-corrected chi connectivity index (χ0v) is 9.08. The van der Waals surface area contributed by atoms with Crippen LogP contribution in [0, 0.1) is 6.92 Å². The van der Waals surface area contributed by atoms with E-state index in [9.17, 15) is 8.42 Å². The summed E-state index contributed by atoms with van der Waals surface area (Å²) in [5, 5.41) is 6.14. The first kappa shape index (κ1) is 11.1. The van der Waals surface area contributed by atoms with Gasteiger partial charge in [-0.1, -0.05) is 12.2 Å². The van der Waals surface area contributed by atoms with Crippen molar-refractivity contribution in [3.63, 3.8) is 0 Å². The molecule has 0 aromatic carbocycles. The molecule has 0 amide bonds. The third-order valence-corrected chi connectivity index (χ3v) is 3.17. The average Bonchev–Trinajstić information content (AvgIpc) is 2.48. The predicted octanol–water partition coefficient (Wildman–Crippen LogP) is -0.717. The smallest absolute Gasteiger partial charge is 0.244 e. The van der Waals surface area contributed by atoms with Crippen LogP contribution in [-0.4, -0.2) is 30.1 Å². The number of rotatable bonds is 4. The minimum absolute atomic E-state index is 0.0533. The highest BCUT2D eigenvalue weighted by Gasteiger charge is 2.17. The summed E-state index contributed by atoms with van der Waals surface area (Å²) in [6.45, 7) is 1.56. The van der Waals surface area contributed by atoms with Crippen LogP contribution in [0.1, 0.15) is 5.69 Å². The number of aryl methyl sites for hydroxylation is 1. The molecule has 0 unspecified atom stereocenters. The fourth-order valence-electron chi connectivity index (χ4n) is 0.854. The minimum Gasteiger partial charge on any atom is -0.392 e. The highest BCUT2D eigenvalue weighted by Crippen LogP contribution is 2.09. The lowest BCUT2D eigenvalue weighted by Crippen LogP contribution is -2.32. The summed E-state index contributed by atoms with van der Waals surface area (Å²) in [6, 6.07) is 0. The van der Waals surface area contributed by atoms with Gasteiger partial charge in [-0.05, 0) is 6.92 Å². The van der Waals surface area contributed by atoms with Gasteiger partial charge in [0.05, 0.1) is 23.4 Å². The summed E-state index contributed by atoms with van der Waals surface area (Å²) < 4.78 is 25.3. The molecule has 1 aromatic rings. The zero-order valence-electron chi connectivity index (χ0n) is 7.44. The van der Waals surface area contributed by atoms with Crippen molar-refractivity contribution in [1.82, 2.24) is 14.9 Å². The van der Waals surface area contributed by atoms with Gasteiger partial charge in [-0.25, -0.2) is 13.1 Å². The van der Waals surface area contributed by atoms with Gasteiger partial charge in [-0.3, -0.25) is 5.10 Å². The molecule has 6 nitrogen and oxygen atoms in total. The maximum Gasteiger partial charge on any atom is 0.244 e. The second kappa shape index (κ2) is 4.03. The first-order chi connectivity index (χ1) is 6.43. The molecule has 1 aromatic heterocycles. The Kier molecular flexibility index (Phi) is 3.19. The molecule has 4 N–H and O–H groups in total. The van der Waals surface area contributed by atoms with E-state index in [-0.39, 0.29) is 16.4 Å². The minimum atomic E-state index is -3.55. The standard InChI is InChI=1S/C6H10N4O2S2/c1-4-5(2-8-10-4)14(11,12)9-3-6(7)13/h2,9H,3H2,1H3,(H2,7,13)(H,8,10). The molecule has 1 rings (SSSR count). The fourth-order valence-corrected chi connectivity index (χ4v) is 2.16. The van der Waals surface area contributed by atoms with Crippen LogP contribution < -0.4 is 10.5 Å². The molecule has 0 saturated carbocycles. The van der Waals surface area contributed by atoms with Gasteiger partial charge in [0.1, 0.15) is 4.90 Å². The van der Waals surface area contributed by atoms with Crippen LogP contribution in [0.2, 0.25) is 0 Å². The summed E-state index contributed by atoms with van der Waals surface area (Å²) in [6.07, 6.45) is 1.23. The molecule has 0 aliphatic rings. The molecule has 14 heavy (non-hydrogen) atoms. The number of hydrogen-bond donors (Lipinski definition) is 3. The summed E-state index contributed by atoms with van der Waals surface area (Å²) in [5.74, 6) is 0. The van der Waals surface area contributed by atoms with E-state index in [1.807, 2.05) is 0 Å². The van der Waals surface area contributed by atoms with E-state index in [0.29, 0.717) is 5.69 Å². The Labute approximate surface area is 86.9 Å². The van der Waals surface area contributed by atoms with Crippen molar-refractivity contribution in [1.29, 1.82) is 0 Å². The van der Waals surface area contributed by atoms with Crippen LogP contribution in [0.5, 0.6) is 0 Å². The molecule has 0 fully saturated rings. The Morgan fingerprint density at radius 3 is 2.86 bits per heavy atom. The van der Waals surface area contributed by atoms with Crippen LogP contribution in [0.15, 0.2) is 11.1 Å². The van der Waals surface area contributed by atoms with Gasteiger partial charge in [0.25, 0.3) is 0 Å². The van der Waals surface area contributed by atoms with Crippen LogP contribution in [-0.2, 0) is 10.0 Å². The topological polar surface area (TPSA) is 101 Å². The quantitative estimate of drug-likeness (QED) is 0.597. The number of nitrogens with two attached hydrogens (primary N) is 1. The van der Waals surface area contributed by atoms with Gasteiger partial charge < -0.3 is 5.73 Å². The van der Waals surface area contributed by atoms with Crippen molar-refractivity contribution in [3.8, 4) is 0 Å². The third kappa shape index (κ3) is 2.50. The predicted molar refractivity (Wildman–Crippen MR) is 55.3 cm³/mol. The summed E-state index contributed by atoms with van der Waals surface area (Å²) in [5.41, 5.74) is 5.64. The number of hydrogen-bond acceptors (Lipinski definition) is 4. The average molecular weight is 234 g/mol. The lowest BCUT2D eigenvalue weighted by atomic mass is 10.5. The molecule has 78 valence electrons. The van der Waals surface area contributed by atoms with Crippen LogP contribution in [0.4, 0.5) is 0 Å². The molecule has 0 aliphatic carbocycles. The van der Waals surface area contributed by atoms with E-state index >= 15 is 0 Å². The Hall–Kier alpha value is -0.990. The first-order valence-electron chi connectivity index (χ1n) is 3.71. The van der Waals surface area contributed by atoms with E-state index in [2.05, 4.69) is 27.1 Å². The maximum absolute atomic E-state index is 11.5. The molecule has 8 heteroatoms. The van der Waals surface area contributed by atoms with Crippen LogP contribution in [0.25, 0.3) is 0 Å². The lowest BCUT2D eigenvalue weighted by Gasteiger charge is -2.03. The van der Waals surface area contributed by atoms with Crippen molar-refractivity contribution in [2.45, 2.75) is 11.8 Å². The lowest BCUT2D eigenvalue weighted by molar-refractivity contribution is 0.586. The number of H-pyrrole nitrogens is 1. The molecule has 0 bridgehead atoms. The Morgan fingerprint density at radius 2 is 2.43 bits per heavy atom. The SMILES string of the molecule is Cc1[nH]ncc1S(=O)(=O)NCC(N)=S. The Morgan fingerprint density at radius 1 is 1.79 bits per heavy atom. The molecule has 0 spiro atoms. The highest BCUT2D eigenvalue weighted by molar-refractivity contribution is 7.89. The van der Waals surface area contributed by atoms with Gasteiger partial charge in [0, 0.05) is 0 Å². The van der Waals surface area contributed by atoms with Gasteiger partial charge >= 0.3 is 0 Å². The molecular formula is C6H10N4O2S2. The summed E-state index contributed by atoms with van der Waals surface area (Å²) in [7, 11) is -3.55. The van der Waals surface area contributed by atoms with E-state index < -0.39 is 10.0 Å². The molecule has 1 heterocycles. The zero-order chi connectivity index (χ0) is 10.8. The maximum atomic E-state index is 11.5. The van der Waals surface area contributed by atoms with Gasteiger partial charge in [0.15, 0.2) is 0 Å². The summed E-state index contributed by atoms with van der Waals surface area (Å²) >= 11 is 4.55. The number of nitrogens with one attached hydrogen (secondary N) is 2. The monoisotopic (exact) mass is 234 g/mol. The van der Waals surface area contributed by atoms with Gasteiger partial charge in [-0.15, -0.1) is 0 Å². The molecule has 0 atom stereocenters. The number of nitrogens with zero attached hydrogens (tertiary/aromatic N) is 1. The van der Waals surface area contributed by atoms with Crippen molar-refractivity contribution >= 4 is 27.2 Å². The van der Waals surface area contributed by atoms with E-state index in [4.69, 9.17) is 5.73 Å². The number of aromatic nitrogens is 2. The summed E-state index contributed by atoms with van der Waals surface area (Å²) in [4.78, 5) is 0.198. The molecule has 0 radical (unpaired) electrons. The number of sulfonamides is 1. The van der Waals surface area contributed by atoms with Gasteiger partial charge in [0.2, 0.25) is 10.0 Å². The Bertz CT molecular complexity index is 436. The second-order valence-electron chi connectivity index (χ2n) is 2.65. The van der Waals surface area contributed by atoms with Crippen LogP contribution in [0.3, 0.4) is 0 Å². The van der Waals surface area contributed by atoms with Crippen molar-refractivity contribution in [2.24, 2.45) is 5.73 Å². The number of thiocarbonyl (C=S) groups is 1. The van der Waals surface area contributed by atoms with Crippen molar-refractivity contribution in [2.75, 3.05) is 6.54 Å². The molecule has 0 saturated heterocycles. The first-order valence-corrected chi connectivity index (χ1v) is 5.60. The fraction of sp³-hybridized carbons (Fsp3) is 0.333. The van der Waals surface area contributed by atoms with Crippen molar-refractivity contribution in [3.05, 3.63) is 11.9 Å². The Balaban J connectivity index is 2.87. The third-order valence-electron chi connectivity index (χ3n) is 1.51. The highest BCUT2D eigenvalue weighted by atomic mass is 32.2. The van der Waals surface area contributed by atoms with E-state index in [0.717, 1.165) is 0 Å². The molecule has 0 aliphatic heterocycles.